The molecule has 1 aliphatic carbocycles. The standard InChI is InChI=1S/C19H26F2N2O3/c1-2-18(24)23-10-14(7-15(23)9-22)13-5-6-16(26-19(20)21)17(8-13)25-11-12-3-4-12/h5-6,8,12,14-15,19H,2-4,7,9-11,22H2,1H3/t14?,15-/m0/s1. The maximum Gasteiger partial charge on any atom is 0.387 e. The molecule has 2 fully saturated rings. The van der Waals surface area contributed by atoms with Crippen LogP contribution in [0.2, 0.25) is 0 Å². The average molecular weight is 368 g/mol. The summed E-state index contributed by atoms with van der Waals surface area (Å²) in [5.41, 5.74) is 6.79. The van der Waals surface area contributed by atoms with Crippen LogP contribution in [-0.2, 0) is 4.79 Å². The molecular formula is C19H26F2N2O3. The molecule has 1 unspecified atom stereocenters. The molecule has 0 spiro atoms. The second kappa shape index (κ2) is 8.20. The summed E-state index contributed by atoms with van der Waals surface area (Å²) in [6, 6.07) is 5.10. The third-order valence-electron chi connectivity index (χ3n) is 5.14. The Bertz CT molecular complexity index is 637. The summed E-state index contributed by atoms with van der Waals surface area (Å²) in [6.07, 6.45) is 3.43. The molecule has 1 saturated heterocycles. The third-order valence-corrected chi connectivity index (χ3v) is 5.14. The Morgan fingerprint density at radius 1 is 1.35 bits per heavy atom. The van der Waals surface area contributed by atoms with Gasteiger partial charge in [0.15, 0.2) is 11.5 Å². The molecule has 1 saturated carbocycles. The highest BCUT2D eigenvalue weighted by Crippen LogP contribution is 2.38. The number of ether oxygens (including phenoxy) is 2. The summed E-state index contributed by atoms with van der Waals surface area (Å²) in [5, 5.41) is 0. The maximum atomic E-state index is 12.7. The zero-order valence-electron chi connectivity index (χ0n) is 15.0. The summed E-state index contributed by atoms with van der Waals surface area (Å²) in [5.74, 6) is 1.11. The molecule has 3 rings (SSSR count). The molecule has 2 atom stereocenters. The van der Waals surface area contributed by atoms with Crippen LogP contribution in [0.5, 0.6) is 11.5 Å². The van der Waals surface area contributed by atoms with Crippen LogP contribution < -0.4 is 15.2 Å². The van der Waals surface area contributed by atoms with Crippen LogP contribution >= 0.6 is 0 Å². The Balaban J connectivity index is 1.78. The average Bonchev–Trinajstić information content (AvgIpc) is 3.36. The summed E-state index contributed by atoms with van der Waals surface area (Å²) < 4.78 is 35.6. The Kier molecular flexibility index (Phi) is 5.96. The smallest absolute Gasteiger partial charge is 0.387 e. The van der Waals surface area contributed by atoms with E-state index in [0.29, 0.717) is 37.8 Å². The lowest BCUT2D eigenvalue weighted by Gasteiger charge is -2.22. The number of carbonyl (C=O) groups is 1. The van der Waals surface area contributed by atoms with Gasteiger partial charge in [0.2, 0.25) is 5.91 Å². The van der Waals surface area contributed by atoms with Gasteiger partial charge >= 0.3 is 6.61 Å². The monoisotopic (exact) mass is 368 g/mol. The molecule has 5 nitrogen and oxygen atoms in total. The minimum atomic E-state index is -2.89. The number of alkyl halides is 2. The minimum absolute atomic E-state index is 0.0141. The summed E-state index contributed by atoms with van der Waals surface area (Å²) >= 11 is 0. The largest absolute Gasteiger partial charge is 0.489 e. The van der Waals surface area contributed by atoms with E-state index in [2.05, 4.69) is 4.74 Å². The van der Waals surface area contributed by atoms with E-state index in [1.165, 1.54) is 6.07 Å². The van der Waals surface area contributed by atoms with Crippen molar-refractivity contribution in [2.24, 2.45) is 11.7 Å². The molecule has 1 aliphatic heterocycles. The molecular weight excluding hydrogens is 342 g/mol. The highest BCUT2D eigenvalue weighted by molar-refractivity contribution is 5.76. The first-order chi connectivity index (χ1) is 12.5. The lowest BCUT2D eigenvalue weighted by Crippen LogP contribution is -2.39. The molecule has 1 heterocycles. The minimum Gasteiger partial charge on any atom is -0.489 e. The molecule has 2 N–H and O–H groups in total. The van der Waals surface area contributed by atoms with Gasteiger partial charge in [-0.05, 0) is 42.9 Å². The van der Waals surface area contributed by atoms with E-state index in [9.17, 15) is 13.6 Å². The number of hydrogen-bond acceptors (Lipinski definition) is 4. The number of benzene rings is 1. The van der Waals surface area contributed by atoms with Crippen molar-refractivity contribution in [3.8, 4) is 11.5 Å². The summed E-state index contributed by atoms with van der Waals surface area (Å²) in [6.45, 7) is 0.462. The molecule has 1 aromatic carbocycles. The van der Waals surface area contributed by atoms with Crippen LogP contribution in [0.25, 0.3) is 0 Å². The fraction of sp³-hybridized carbons (Fsp3) is 0.632. The lowest BCUT2D eigenvalue weighted by atomic mass is 9.96. The number of amides is 1. The van der Waals surface area contributed by atoms with Crippen LogP contribution in [0.3, 0.4) is 0 Å². The van der Waals surface area contributed by atoms with E-state index in [1.54, 1.807) is 12.1 Å². The first-order valence-electron chi connectivity index (χ1n) is 9.22. The molecule has 0 aromatic heterocycles. The van der Waals surface area contributed by atoms with Crippen molar-refractivity contribution >= 4 is 5.91 Å². The molecule has 144 valence electrons. The highest BCUT2D eigenvalue weighted by Gasteiger charge is 2.35. The van der Waals surface area contributed by atoms with Crippen molar-refractivity contribution < 1.29 is 23.0 Å². The topological polar surface area (TPSA) is 64.8 Å². The molecule has 0 bridgehead atoms. The maximum absolute atomic E-state index is 12.7. The molecule has 26 heavy (non-hydrogen) atoms. The number of rotatable bonds is 8. The van der Waals surface area contributed by atoms with Gasteiger partial charge < -0.3 is 20.1 Å². The van der Waals surface area contributed by atoms with Crippen LogP contribution in [0.15, 0.2) is 18.2 Å². The SMILES string of the molecule is CCC(=O)N1CC(c2ccc(OC(F)F)c(OCC3CC3)c2)C[C@H]1CN. The Labute approximate surface area is 152 Å². The van der Waals surface area contributed by atoms with E-state index in [1.807, 2.05) is 11.8 Å². The second-order valence-corrected chi connectivity index (χ2v) is 7.06. The van der Waals surface area contributed by atoms with Crippen LogP contribution in [0, 0.1) is 5.92 Å². The molecule has 1 amide bonds. The number of hydrogen-bond donors (Lipinski definition) is 1. The van der Waals surface area contributed by atoms with E-state index < -0.39 is 6.61 Å². The van der Waals surface area contributed by atoms with Gasteiger partial charge in [-0.15, -0.1) is 0 Å². The molecule has 1 aromatic rings. The number of likely N-dealkylation sites (tertiary alicyclic amines) is 1. The van der Waals surface area contributed by atoms with Crippen molar-refractivity contribution in [1.82, 2.24) is 4.90 Å². The van der Waals surface area contributed by atoms with Gasteiger partial charge in [0.1, 0.15) is 0 Å². The van der Waals surface area contributed by atoms with Crippen molar-refractivity contribution in [3.05, 3.63) is 23.8 Å². The van der Waals surface area contributed by atoms with Gasteiger partial charge in [-0.1, -0.05) is 13.0 Å². The number of halogens is 2. The zero-order chi connectivity index (χ0) is 18.7. The number of carbonyl (C=O) groups excluding carboxylic acids is 1. The van der Waals surface area contributed by atoms with Crippen molar-refractivity contribution in [2.45, 2.75) is 51.2 Å². The second-order valence-electron chi connectivity index (χ2n) is 7.06. The Hall–Kier alpha value is -1.89. The van der Waals surface area contributed by atoms with Crippen molar-refractivity contribution in [3.63, 3.8) is 0 Å². The Morgan fingerprint density at radius 2 is 2.12 bits per heavy atom. The fourth-order valence-electron chi connectivity index (χ4n) is 3.47. The van der Waals surface area contributed by atoms with Gasteiger partial charge in [-0.3, -0.25) is 4.79 Å². The van der Waals surface area contributed by atoms with Gasteiger partial charge in [-0.25, -0.2) is 0 Å². The summed E-state index contributed by atoms with van der Waals surface area (Å²) in [4.78, 5) is 14.0. The van der Waals surface area contributed by atoms with Gasteiger partial charge in [0.05, 0.1) is 6.61 Å². The van der Waals surface area contributed by atoms with Gasteiger partial charge in [0.25, 0.3) is 0 Å². The van der Waals surface area contributed by atoms with Gasteiger partial charge in [-0.2, -0.15) is 8.78 Å². The predicted molar refractivity (Wildman–Crippen MR) is 93.5 cm³/mol. The quantitative estimate of drug-likeness (QED) is 0.766. The first kappa shape index (κ1) is 18.9. The summed E-state index contributed by atoms with van der Waals surface area (Å²) in [7, 11) is 0. The fourth-order valence-corrected chi connectivity index (χ4v) is 3.47. The molecule has 2 aliphatic rings. The number of nitrogens with zero attached hydrogens (tertiary/aromatic N) is 1. The van der Waals surface area contributed by atoms with E-state index >= 15 is 0 Å². The molecule has 7 heteroatoms. The van der Waals surface area contributed by atoms with Crippen LogP contribution in [-0.4, -0.2) is 43.2 Å². The first-order valence-corrected chi connectivity index (χ1v) is 9.22. The Morgan fingerprint density at radius 3 is 2.73 bits per heavy atom. The number of nitrogens with two attached hydrogens (primary N) is 1. The highest BCUT2D eigenvalue weighted by atomic mass is 19.3. The van der Waals surface area contributed by atoms with E-state index in [4.69, 9.17) is 10.5 Å². The van der Waals surface area contributed by atoms with Gasteiger partial charge in [0, 0.05) is 31.5 Å². The predicted octanol–water partition coefficient (Wildman–Crippen LogP) is 3.13. The third kappa shape index (κ3) is 4.44. The van der Waals surface area contributed by atoms with E-state index in [-0.39, 0.29) is 23.6 Å². The van der Waals surface area contributed by atoms with Crippen molar-refractivity contribution in [2.75, 3.05) is 19.7 Å². The van der Waals surface area contributed by atoms with Crippen LogP contribution in [0.4, 0.5) is 8.78 Å². The normalized spacial score (nSPS) is 22.7. The van der Waals surface area contributed by atoms with Crippen LogP contribution in [0.1, 0.15) is 44.1 Å². The lowest BCUT2D eigenvalue weighted by molar-refractivity contribution is -0.131. The van der Waals surface area contributed by atoms with Crippen molar-refractivity contribution in [1.29, 1.82) is 0 Å². The van der Waals surface area contributed by atoms with E-state index in [0.717, 1.165) is 24.8 Å². The zero-order valence-corrected chi connectivity index (χ0v) is 15.0. The molecule has 0 radical (unpaired) electrons.